The Hall–Kier alpha value is -1.53. The highest BCUT2D eigenvalue weighted by molar-refractivity contribution is 7.99. The average molecular weight is 402 g/mol. The maximum Gasteiger partial charge on any atom is 0.258 e. The number of nitrogens with one attached hydrogen (secondary N) is 2. The van der Waals surface area contributed by atoms with Gasteiger partial charge in [0.05, 0.1) is 16.7 Å². The monoisotopic (exact) mass is 401 g/mol. The fourth-order valence-electron chi connectivity index (χ4n) is 4.51. The number of aliphatic hydroxyl groups excluding tert-OH is 1. The molecule has 2 fully saturated rings. The fourth-order valence-corrected chi connectivity index (χ4v) is 5.64. The van der Waals surface area contributed by atoms with E-state index in [1.807, 2.05) is 30.0 Å². The van der Waals surface area contributed by atoms with Crippen molar-refractivity contribution in [3.63, 3.8) is 0 Å². The number of nitrogens with zero attached hydrogens (tertiary/aromatic N) is 1. The molecule has 0 spiro atoms. The second kappa shape index (κ2) is 9.31. The lowest BCUT2D eigenvalue weighted by Crippen LogP contribution is -2.22. The van der Waals surface area contributed by atoms with Crippen LogP contribution in [0.1, 0.15) is 63.6 Å². The van der Waals surface area contributed by atoms with Crippen LogP contribution in [0.5, 0.6) is 0 Å². The lowest BCUT2D eigenvalue weighted by Gasteiger charge is -2.26. The van der Waals surface area contributed by atoms with E-state index in [-0.39, 0.29) is 5.56 Å². The van der Waals surface area contributed by atoms with Gasteiger partial charge in [-0.1, -0.05) is 19.3 Å². The minimum absolute atomic E-state index is 0.0474. The summed E-state index contributed by atoms with van der Waals surface area (Å²) in [7, 11) is 0. The van der Waals surface area contributed by atoms with Crippen LogP contribution in [0.4, 0.5) is 5.69 Å². The number of aromatic nitrogens is 2. The van der Waals surface area contributed by atoms with Crippen molar-refractivity contribution in [1.82, 2.24) is 9.97 Å². The Morgan fingerprint density at radius 1 is 1.11 bits per heavy atom. The lowest BCUT2D eigenvalue weighted by molar-refractivity contribution is 0.192. The number of thioether (sulfide) groups is 1. The quantitative estimate of drug-likeness (QED) is 0.666. The SMILES string of the molecule is O=c1[nH]c(CS[C@H]2CC[C@H](CO)CC2)nc2cc(NC3CCCCC3)ccc12. The molecular formula is C22H31N3O2S. The third-order valence-corrected chi connectivity index (χ3v) is 7.62. The molecule has 0 bridgehead atoms. The first kappa shape index (κ1) is 19.8. The summed E-state index contributed by atoms with van der Waals surface area (Å²) in [6.07, 6.45) is 10.9. The second-order valence-electron chi connectivity index (χ2n) is 8.36. The summed E-state index contributed by atoms with van der Waals surface area (Å²) >= 11 is 1.88. The van der Waals surface area contributed by atoms with Crippen LogP contribution in [0.2, 0.25) is 0 Å². The summed E-state index contributed by atoms with van der Waals surface area (Å²) in [4.78, 5) is 20.2. The Morgan fingerprint density at radius 3 is 2.64 bits per heavy atom. The van der Waals surface area contributed by atoms with Crippen LogP contribution in [-0.4, -0.2) is 33.0 Å². The molecule has 0 aliphatic heterocycles. The van der Waals surface area contributed by atoms with Crippen LogP contribution in [0.25, 0.3) is 10.9 Å². The summed E-state index contributed by atoms with van der Waals surface area (Å²) in [5.74, 6) is 1.98. The van der Waals surface area contributed by atoms with Gasteiger partial charge in [0.1, 0.15) is 5.82 Å². The molecule has 2 aromatic rings. The van der Waals surface area contributed by atoms with E-state index in [2.05, 4.69) is 10.3 Å². The molecular weight excluding hydrogens is 370 g/mol. The van der Waals surface area contributed by atoms with Crippen LogP contribution >= 0.6 is 11.8 Å². The molecule has 3 N–H and O–H groups in total. The molecule has 0 unspecified atom stereocenters. The number of hydrogen-bond acceptors (Lipinski definition) is 5. The van der Waals surface area contributed by atoms with E-state index in [1.54, 1.807) is 0 Å². The van der Waals surface area contributed by atoms with Crippen LogP contribution in [0.3, 0.4) is 0 Å². The Labute approximate surface area is 170 Å². The van der Waals surface area contributed by atoms with E-state index in [9.17, 15) is 9.90 Å². The van der Waals surface area contributed by atoms with Crippen molar-refractivity contribution in [2.24, 2.45) is 5.92 Å². The average Bonchev–Trinajstić information content (AvgIpc) is 2.73. The molecule has 2 saturated carbocycles. The highest BCUT2D eigenvalue weighted by Gasteiger charge is 2.21. The maximum atomic E-state index is 12.5. The van der Waals surface area contributed by atoms with Gasteiger partial charge >= 0.3 is 0 Å². The third kappa shape index (κ3) is 4.90. The predicted octanol–water partition coefficient (Wildman–Crippen LogP) is 4.45. The van der Waals surface area contributed by atoms with E-state index in [1.165, 1.54) is 32.1 Å². The first-order valence-corrected chi connectivity index (χ1v) is 11.8. The van der Waals surface area contributed by atoms with Gasteiger partial charge in [-0.15, -0.1) is 0 Å². The Morgan fingerprint density at radius 2 is 1.89 bits per heavy atom. The molecule has 1 aromatic carbocycles. The predicted molar refractivity (Wildman–Crippen MR) is 117 cm³/mol. The molecule has 0 saturated heterocycles. The van der Waals surface area contributed by atoms with Gasteiger partial charge in [0.25, 0.3) is 5.56 Å². The van der Waals surface area contributed by atoms with Gasteiger partial charge in [0.15, 0.2) is 0 Å². The number of aromatic amines is 1. The molecule has 2 aliphatic carbocycles. The molecule has 0 radical (unpaired) electrons. The van der Waals surface area contributed by atoms with E-state index >= 15 is 0 Å². The molecule has 0 atom stereocenters. The van der Waals surface area contributed by atoms with E-state index in [0.717, 1.165) is 48.5 Å². The van der Waals surface area contributed by atoms with Gasteiger partial charge in [0, 0.05) is 23.6 Å². The van der Waals surface area contributed by atoms with Gasteiger partial charge < -0.3 is 15.4 Å². The summed E-state index contributed by atoms with van der Waals surface area (Å²) in [5.41, 5.74) is 1.80. The Bertz CT molecular complexity index is 839. The minimum Gasteiger partial charge on any atom is -0.396 e. The van der Waals surface area contributed by atoms with Crippen LogP contribution in [0, 0.1) is 5.92 Å². The number of benzene rings is 1. The molecule has 28 heavy (non-hydrogen) atoms. The minimum atomic E-state index is -0.0474. The number of hydrogen-bond donors (Lipinski definition) is 3. The summed E-state index contributed by atoms with van der Waals surface area (Å²) in [6.45, 7) is 0.314. The fraction of sp³-hybridized carbons (Fsp3) is 0.636. The van der Waals surface area contributed by atoms with E-state index in [0.29, 0.717) is 29.2 Å². The Balaban J connectivity index is 1.43. The third-order valence-electron chi connectivity index (χ3n) is 6.24. The summed E-state index contributed by atoms with van der Waals surface area (Å²) < 4.78 is 0. The van der Waals surface area contributed by atoms with Crippen molar-refractivity contribution in [3.8, 4) is 0 Å². The molecule has 4 rings (SSSR count). The molecule has 6 heteroatoms. The number of aliphatic hydroxyl groups is 1. The first-order valence-electron chi connectivity index (χ1n) is 10.7. The van der Waals surface area contributed by atoms with Crippen molar-refractivity contribution in [1.29, 1.82) is 0 Å². The number of anilines is 1. The van der Waals surface area contributed by atoms with Gasteiger partial charge in [-0.25, -0.2) is 4.98 Å². The number of rotatable bonds is 6. The number of fused-ring (bicyclic) bond motifs is 1. The normalized spacial score (nSPS) is 23.8. The van der Waals surface area contributed by atoms with Gasteiger partial charge in [-0.05, 0) is 62.6 Å². The molecule has 2 aliphatic rings. The summed E-state index contributed by atoms with van der Waals surface area (Å²) in [6, 6.07) is 6.46. The highest BCUT2D eigenvalue weighted by Crippen LogP contribution is 2.33. The second-order valence-corrected chi connectivity index (χ2v) is 9.65. The zero-order chi connectivity index (χ0) is 19.3. The lowest BCUT2D eigenvalue weighted by atomic mass is 9.90. The smallest absolute Gasteiger partial charge is 0.258 e. The standard InChI is InChI=1S/C22H31N3O2S/c26-13-15-6-9-18(10-7-15)28-14-21-24-20-12-17(8-11-19(20)22(27)25-21)23-16-4-2-1-3-5-16/h8,11-12,15-16,18,23,26H,1-7,9-10,13-14H2,(H,24,25,27)/t15-,18-. The van der Waals surface area contributed by atoms with Crippen molar-refractivity contribution in [3.05, 3.63) is 34.4 Å². The molecule has 1 aromatic heterocycles. The van der Waals surface area contributed by atoms with Gasteiger partial charge in [-0.2, -0.15) is 11.8 Å². The van der Waals surface area contributed by atoms with Crippen LogP contribution < -0.4 is 10.9 Å². The number of H-pyrrole nitrogens is 1. The van der Waals surface area contributed by atoms with Crippen LogP contribution in [0.15, 0.2) is 23.0 Å². The van der Waals surface area contributed by atoms with Gasteiger partial charge in [-0.3, -0.25) is 4.79 Å². The zero-order valence-corrected chi connectivity index (χ0v) is 17.3. The first-order chi connectivity index (χ1) is 13.7. The van der Waals surface area contributed by atoms with Crippen molar-refractivity contribution < 1.29 is 5.11 Å². The van der Waals surface area contributed by atoms with Crippen molar-refractivity contribution >= 4 is 28.4 Å². The zero-order valence-electron chi connectivity index (χ0n) is 16.5. The molecule has 152 valence electrons. The molecule has 0 amide bonds. The van der Waals surface area contributed by atoms with E-state index in [4.69, 9.17) is 4.98 Å². The largest absolute Gasteiger partial charge is 0.396 e. The van der Waals surface area contributed by atoms with Crippen molar-refractivity contribution in [2.75, 3.05) is 11.9 Å². The summed E-state index contributed by atoms with van der Waals surface area (Å²) in [5, 5.41) is 14.2. The molecule has 1 heterocycles. The molecule has 5 nitrogen and oxygen atoms in total. The maximum absolute atomic E-state index is 12.5. The van der Waals surface area contributed by atoms with Gasteiger partial charge in [0.2, 0.25) is 0 Å². The van der Waals surface area contributed by atoms with Crippen LogP contribution in [-0.2, 0) is 5.75 Å². The Kier molecular flexibility index (Phi) is 6.58. The highest BCUT2D eigenvalue weighted by atomic mass is 32.2. The topological polar surface area (TPSA) is 78.0 Å². The van der Waals surface area contributed by atoms with Crippen molar-refractivity contribution in [2.45, 2.75) is 74.8 Å². The van der Waals surface area contributed by atoms with E-state index < -0.39 is 0 Å².